The van der Waals surface area contributed by atoms with Crippen molar-refractivity contribution in [2.24, 2.45) is 0 Å². The van der Waals surface area contributed by atoms with Crippen LogP contribution >= 0.6 is 12.2 Å². The number of carbonyl (C=O) groups is 1. The van der Waals surface area contributed by atoms with E-state index in [2.05, 4.69) is 22.5 Å². The van der Waals surface area contributed by atoms with E-state index < -0.39 is 0 Å². The van der Waals surface area contributed by atoms with Crippen LogP contribution in [0.15, 0.2) is 71.1 Å². The Labute approximate surface area is 196 Å². The van der Waals surface area contributed by atoms with Crippen LogP contribution in [0.3, 0.4) is 0 Å². The van der Waals surface area contributed by atoms with Gasteiger partial charge in [0.15, 0.2) is 10.7 Å². The molecule has 0 aliphatic carbocycles. The Morgan fingerprint density at radius 2 is 1.97 bits per heavy atom. The van der Waals surface area contributed by atoms with Crippen LogP contribution in [0.5, 0.6) is 11.5 Å². The third-order valence-electron chi connectivity index (χ3n) is 4.87. The first kappa shape index (κ1) is 22.3. The van der Waals surface area contributed by atoms with Crippen LogP contribution < -0.4 is 15.4 Å². The number of fused-ring (bicyclic) bond motifs is 1. The number of thiocarbonyl (C=S) groups is 1. The third-order valence-corrected chi connectivity index (χ3v) is 5.07. The van der Waals surface area contributed by atoms with Gasteiger partial charge in [-0.15, -0.1) is 0 Å². The lowest BCUT2D eigenvalue weighted by molar-refractivity contribution is 0.0977. The molecule has 3 N–H and O–H groups in total. The molecule has 4 aromatic rings. The number of hydrogen-bond acceptors (Lipinski definition) is 6. The maximum Gasteiger partial charge on any atom is 0.257 e. The molecule has 168 valence electrons. The number of anilines is 1. The summed E-state index contributed by atoms with van der Waals surface area (Å²) in [4.78, 5) is 17.0. The highest BCUT2D eigenvalue weighted by atomic mass is 32.1. The number of nitrogens with one attached hydrogen (secondary N) is 2. The fourth-order valence-electron chi connectivity index (χ4n) is 3.18. The molecule has 0 saturated carbocycles. The molecule has 0 bridgehead atoms. The highest BCUT2D eigenvalue weighted by Crippen LogP contribution is 2.33. The summed E-state index contributed by atoms with van der Waals surface area (Å²) in [6.45, 7) is 2.69. The van der Waals surface area contributed by atoms with Crippen LogP contribution in [-0.2, 0) is 0 Å². The SMILES string of the molecule is CCCCOc1cccc(C(=O)NC(=S)Nc2ccc(-c3nc4ccccc4o3)c(O)c2)c1. The van der Waals surface area contributed by atoms with E-state index in [0.717, 1.165) is 12.8 Å². The van der Waals surface area contributed by atoms with Gasteiger partial charge < -0.3 is 19.6 Å². The minimum Gasteiger partial charge on any atom is -0.507 e. The number of unbranched alkanes of at least 4 members (excludes halogenated alkanes) is 1. The Kier molecular flexibility index (Phi) is 6.85. The smallest absolute Gasteiger partial charge is 0.257 e. The van der Waals surface area contributed by atoms with E-state index in [4.69, 9.17) is 21.4 Å². The molecule has 0 unspecified atom stereocenters. The number of carbonyl (C=O) groups excluding carboxylic acids is 1. The summed E-state index contributed by atoms with van der Waals surface area (Å²) in [5, 5.41) is 16.1. The number of phenols is 1. The zero-order chi connectivity index (χ0) is 23.2. The second kappa shape index (κ2) is 10.1. The van der Waals surface area contributed by atoms with Gasteiger partial charge in [-0.2, -0.15) is 0 Å². The Bertz CT molecular complexity index is 1270. The summed E-state index contributed by atoms with van der Waals surface area (Å²) >= 11 is 5.26. The fourth-order valence-corrected chi connectivity index (χ4v) is 3.39. The quantitative estimate of drug-likeness (QED) is 0.247. The van der Waals surface area contributed by atoms with Crippen molar-refractivity contribution in [2.45, 2.75) is 19.8 Å². The standard InChI is InChI=1S/C25H23N3O4S/c1-2-3-13-31-18-8-6-7-16(14-18)23(30)28-25(33)26-17-11-12-19(21(29)15-17)24-27-20-9-4-5-10-22(20)32-24/h4-12,14-15,29H,2-3,13H2,1H3,(H2,26,28,30,33). The highest BCUT2D eigenvalue weighted by molar-refractivity contribution is 7.80. The number of benzene rings is 3. The van der Waals surface area contributed by atoms with Crippen molar-refractivity contribution >= 4 is 40.0 Å². The van der Waals surface area contributed by atoms with Crippen LogP contribution in [0, 0.1) is 0 Å². The molecule has 1 aromatic heterocycles. The molecule has 33 heavy (non-hydrogen) atoms. The van der Waals surface area contributed by atoms with Gasteiger partial charge in [-0.05, 0) is 61.1 Å². The van der Waals surface area contributed by atoms with Crippen molar-refractivity contribution in [3.63, 3.8) is 0 Å². The van der Waals surface area contributed by atoms with Gasteiger partial charge in [0.1, 0.15) is 17.0 Å². The molecule has 0 aliphatic rings. The lowest BCUT2D eigenvalue weighted by Gasteiger charge is -2.11. The number of aromatic nitrogens is 1. The predicted molar refractivity (Wildman–Crippen MR) is 132 cm³/mol. The van der Waals surface area contributed by atoms with Crippen LogP contribution in [0.1, 0.15) is 30.1 Å². The van der Waals surface area contributed by atoms with E-state index in [0.29, 0.717) is 46.2 Å². The average molecular weight is 462 g/mol. The van der Waals surface area contributed by atoms with Crippen molar-refractivity contribution in [3.8, 4) is 23.0 Å². The largest absolute Gasteiger partial charge is 0.507 e. The molecular weight excluding hydrogens is 438 g/mol. The number of aromatic hydroxyl groups is 1. The fraction of sp³-hybridized carbons (Fsp3) is 0.160. The summed E-state index contributed by atoms with van der Waals surface area (Å²) in [6.07, 6.45) is 1.98. The minimum atomic E-state index is -0.360. The Morgan fingerprint density at radius 3 is 2.76 bits per heavy atom. The summed E-state index contributed by atoms with van der Waals surface area (Å²) in [6, 6.07) is 19.2. The van der Waals surface area contributed by atoms with Crippen LogP contribution in [0.4, 0.5) is 5.69 Å². The van der Waals surface area contributed by atoms with Gasteiger partial charge in [0, 0.05) is 17.3 Å². The van der Waals surface area contributed by atoms with Gasteiger partial charge in [-0.3, -0.25) is 10.1 Å². The highest BCUT2D eigenvalue weighted by Gasteiger charge is 2.14. The summed E-state index contributed by atoms with van der Waals surface area (Å²) in [7, 11) is 0. The van der Waals surface area contributed by atoms with E-state index in [-0.39, 0.29) is 16.8 Å². The molecule has 0 fully saturated rings. The monoisotopic (exact) mass is 461 g/mol. The molecule has 0 radical (unpaired) electrons. The van der Waals surface area contributed by atoms with Crippen molar-refractivity contribution in [1.29, 1.82) is 0 Å². The first-order valence-electron chi connectivity index (χ1n) is 10.6. The first-order valence-corrected chi connectivity index (χ1v) is 11.0. The molecular formula is C25H23N3O4S. The summed E-state index contributed by atoms with van der Waals surface area (Å²) in [5.74, 6) is 0.560. The normalized spacial score (nSPS) is 10.7. The number of phenolic OH excluding ortho intramolecular Hbond substituents is 1. The second-order valence-electron chi connectivity index (χ2n) is 7.36. The van der Waals surface area contributed by atoms with Crippen LogP contribution in [0.25, 0.3) is 22.6 Å². The van der Waals surface area contributed by atoms with Crippen molar-refractivity contribution < 1.29 is 19.1 Å². The molecule has 0 spiro atoms. The molecule has 1 amide bonds. The molecule has 4 rings (SSSR count). The summed E-state index contributed by atoms with van der Waals surface area (Å²) in [5.41, 5.74) is 2.74. The Hall–Kier alpha value is -3.91. The number of oxazole rings is 1. The van der Waals surface area contributed by atoms with E-state index in [1.807, 2.05) is 30.3 Å². The van der Waals surface area contributed by atoms with Crippen molar-refractivity contribution in [1.82, 2.24) is 10.3 Å². The maximum atomic E-state index is 12.6. The molecule has 0 atom stereocenters. The lowest BCUT2D eigenvalue weighted by atomic mass is 10.2. The zero-order valence-electron chi connectivity index (χ0n) is 18.0. The molecule has 7 nitrogen and oxygen atoms in total. The number of ether oxygens (including phenoxy) is 1. The topological polar surface area (TPSA) is 96.6 Å². The second-order valence-corrected chi connectivity index (χ2v) is 7.77. The van der Waals surface area contributed by atoms with E-state index in [9.17, 15) is 9.90 Å². The maximum absolute atomic E-state index is 12.6. The number of para-hydroxylation sites is 2. The van der Waals surface area contributed by atoms with Gasteiger partial charge >= 0.3 is 0 Å². The predicted octanol–water partition coefficient (Wildman–Crippen LogP) is 5.51. The molecule has 0 saturated heterocycles. The molecule has 1 heterocycles. The van der Waals surface area contributed by atoms with Gasteiger partial charge in [0.05, 0.1) is 12.2 Å². The van der Waals surface area contributed by atoms with Crippen LogP contribution in [0.2, 0.25) is 0 Å². The Morgan fingerprint density at radius 1 is 1.12 bits per heavy atom. The molecule has 0 aliphatic heterocycles. The molecule has 3 aromatic carbocycles. The summed E-state index contributed by atoms with van der Waals surface area (Å²) < 4.78 is 11.4. The van der Waals surface area contributed by atoms with Gasteiger partial charge in [-0.1, -0.05) is 31.5 Å². The van der Waals surface area contributed by atoms with Crippen molar-refractivity contribution in [3.05, 3.63) is 72.3 Å². The van der Waals surface area contributed by atoms with Gasteiger partial charge in [-0.25, -0.2) is 4.98 Å². The average Bonchev–Trinajstić information content (AvgIpc) is 3.23. The lowest BCUT2D eigenvalue weighted by Crippen LogP contribution is -2.34. The number of rotatable bonds is 7. The number of amides is 1. The van der Waals surface area contributed by atoms with Crippen molar-refractivity contribution in [2.75, 3.05) is 11.9 Å². The van der Waals surface area contributed by atoms with E-state index in [1.54, 1.807) is 30.3 Å². The first-order chi connectivity index (χ1) is 16.0. The van der Waals surface area contributed by atoms with E-state index in [1.165, 1.54) is 6.07 Å². The van der Waals surface area contributed by atoms with Gasteiger partial charge in [0.2, 0.25) is 5.89 Å². The minimum absolute atomic E-state index is 0.0300. The number of hydrogen-bond donors (Lipinski definition) is 3. The van der Waals surface area contributed by atoms with E-state index >= 15 is 0 Å². The Balaban J connectivity index is 1.40. The third kappa shape index (κ3) is 5.48. The molecule has 8 heteroatoms. The number of nitrogens with zero attached hydrogens (tertiary/aromatic N) is 1. The zero-order valence-corrected chi connectivity index (χ0v) is 18.8. The van der Waals surface area contributed by atoms with Gasteiger partial charge in [0.25, 0.3) is 5.91 Å². The van der Waals surface area contributed by atoms with Crippen LogP contribution in [-0.4, -0.2) is 27.7 Å².